The summed E-state index contributed by atoms with van der Waals surface area (Å²) in [5.41, 5.74) is 0.259. The van der Waals surface area contributed by atoms with Crippen LogP contribution >= 0.6 is 15.9 Å². The van der Waals surface area contributed by atoms with Gasteiger partial charge >= 0.3 is 5.97 Å². The normalized spacial score (nSPS) is 9.82. The summed E-state index contributed by atoms with van der Waals surface area (Å²) in [5, 5.41) is 0. The standard InChI is InChI=1S/C12H13BrO4/c1-3-16-10-7-8(5-6-9(10)13)11(14)12(15)17-4-2/h5-7H,3-4H2,1-2H3. The zero-order valence-electron chi connectivity index (χ0n) is 9.66. The molecule has 17 heavy (non-hydrogen) atoms. The first-order chi connectivity index (χ1) is 8.10. The lowest BCUT2D eigenvalue weighted by Gasteiger charge is -2.07. The van der Waals surface area contributed by atoms with Crippen LogP contribution in [0.15, 0.2) is 22.7 Å². The number of Topliss-reactive ketones (excluding diaryl/α,β-unsaturated/α-hetero) is 1. The summed E-state index contributed by atoms with van der Waals surface area (Å²) in [6.45, 7) is 4.15. The third-order valence-corrected chi connectivity index (χ3v) is 2.61. The molecule has 0 spiro atoms. The van der Waals surface area contributed by atoms with E-state index in [9.17, 15) is 9.59 Å². The smallest absolute Gasteiger partial charge is 0.379 e. The molecule has 4 nitrogen and oxygen atoms in total. The predicted octanol–water partition coefficient (Wildman–Crippen LogP) is 2.59. The van der Waals surface area contributed by atoms with Crippen LogP contribution in [0.4, 0.5) is 0 Å². The number of benzene rings is 1. The van der Waals surface area contributed by atoms with Crippen LogP contribution in [0, 0.1) is 0 Å². The van der Waals surface area contributed by atoms with E-state index in [2.05, 4.69) is 20.7 Å². The molecule has 0 bridgehead atoms. The van der Waals surface area contributed by atoms with Crippen molar-refractivity contribution in [1.29, 1.82) is 0 Å². The highest BCUT2D eigenvalue weighted by Gasteiger charge is 2.18. The molecule has 0 amide bonds. The first-order valence-electron chi connectivity index (χ1n) is 5.24. The molecule has 1 aromatic carbocycles. The van der Waals surface area contributed by atoms with Crippen molar-refractivity contribution in [3.8, 4) is 5.75 Å². The number of carbonyl (C=O) groups is 2. The lowest BCUT2D eigenvalue weighted by Crippen LogP contribution is -2.17. The first-order valence-corrected chi connectivity index (χ1v) is 6.03. The Kier molecular flexibility index (Phi) is 5.15. The van der Waals surface area contributed by atoms with Crippen LogP contribution in [0.25, 0.3) is 0 Å². The summed E-state index contributed by atoms with van der Waals surface area (Å²) < 4.78 is 10.7. The minimum Gasteiger partial charge on any atom is -0.493 e. The van der Waals surface area contributed by atoms with Crippen LogP contribution < -0.4 is 4.74 Å². The fraction of sp³-hybridized carbons (Fsp3) is 0.333. The molecule has 0 aromatic heterocycles. The largest absolute Gasteiger partial charge is 0.493 e. The van der Waals surface area contributed by atoms with Crippen LogP contribution in [0.1, 0.15) is 24.2 Å². The topological polar surface area (TPSA) is 52.6 Å². The lowest BCUT2D eigenvalue weighted by atomic mass is 10.1. The van der Waals surface area contributed by atoms with Crippen molar-refractivity contribution >= 4 is 27.7 Å². The van der Waals surface area contributed by atoms with E-state index >= 15 is 0 Å². The molecule has 0 unspecified atom stereocenters. The van der Waals surface area contributed by atoms with E-state index in [4.69, 9.17) is 4.74 Å². The maximum absolute atomic E-state index is 11.7. The number of halogens is 1. The summed E-state index contributed by atoms with van der Waals surface area (Å²) in [6, 6.07) is 4.73. The number of esters is 1. The molecule has 0 aliphatic carbocycles. The van der Waals surface area contributed by atoms with Crippen LogP contribution in [-0.4, -0.2) is 25.0 Å². The predicted molar refractivity (Wildman–Crippen MR) is 66.3 cm³/mol. The number of ketones is 1. The van der Waals surface area contributed by atoms with E-state index in [-0.39, 0.29) is 12.2 Å². The van der Waals surface area contributed by atoms with Gasteiger partial charge in [-0.05, 0) is 48.0 Å². The van der Waals surface area contributed by atoms with Gasteiger partial charge in [-0.3, -0.25) is 4.79 Å². The summed E-state index contributed by atoms with van der Waals surface area (Å²) in [6.07, 6.45) is 0. The van der Waals surface area contributed by atoms with Gasteiger partial charge in [0.25, 0.3) is 5.78 Å². The molecule has 0 aliphatic rings. The highest BCUT2D eigenvalue weighted by molar-refractivity contribution is 9.10. The Balaban J connectivity index is 2.95. The lowest BCUT2D eigenvalue weighted by molar-refractivity contribution is -0.137. The second kappa shape index (κ2) is 6.39. The summed E-state index contributed by atoms with van der Waals surface area (Å²) in [4.78, 5) is 22.9. The maximum atomic E-state index is 11.7. The highest BCUT2D eigenvalue weighted by Crippen LogP contribution is 2.26. The van der Waals surface area contributed by atoms with Crippen LogP contribution in [0.5, 0.6) is 5.75 Å². The molecule has 0 radical (unpaired) electrons. The number of hydrogen-bond donors (Lipinski definition) is 0. The zero-order valence-corrected chi connectivity index (χ0v) is 11.2. The number of rotatable bonds is 5. The van der Waals surface area contributed by atoms with E-state index in [1.165, 1.54) is 6.07 Å². The Hall–Kier alpha value is -1.36. The van der Waals surface area contributed by atoms with Gasteiger partial charge in [-0.2, -0.15) is 0 Å². The Morgan fingerprint density at radius 2 is 1.94 bits per heavy atom. The second-order valence-electron chi connectivity index (χ2n) is 3.13. The van der Waals surface area contributed by atoms with E-state index < -0.39 is 11.8 Å². The van der Waals surface area contributed by atoms with Crippen molar-refractivity contribution in [1.82, 2.24) is 0 Å². The fourth-order valence-electron chi connectivity index (χ4n) is 1.23. The molecule has 0 saturated heterocycles. The molecular formula is C12H13BrO4. The van der Waals surface area contributed by atoms with Crippen molar-refractivity contribution < 1.29 is 19.1 Å². The maximum Gasteiger partial charge on any atom is 0.379 e. The van der Waals surface area contributed by atoms with Crippen LogP contribution in [-0.2, 0) is 9.53 Å². The molecule has 0 aliphatic heterocycles. The van der Waals surface area contributed by atoms with Crippen molar-refractivity contribution in [2.45, 2.75) is 13.8 Å². The fourth-order valence-corrected chi connectivity index (χ4v) is 1.59. The minimum atomic E-state index is -0.850. The van der Waals surface area contributed by atoms with Gasteiger partial charge in [0.15, 0.2) is 0 Å². The third kappa shape index (κ3) is 3.56. The van der Waals surface area contributed by atoms with Crippen molar-refractivity contribution in [3.63, 3.8) is 0 Å². The van der Waals surface area contributed by atoms with Gasteiger partial charge in [-0.15, -0.1) is 0 Å². The average molecular weight is 301 g/mol. The summed E-state index contributed by atoms with van der Waals surface area (Å²) in [5.74, 6) is -0.986. The quantitative estimate of drug-likeness (QED) is 0.476. The Morgan fingerprint density at radius 1 is 1.24 bits per heavy atom. The SMILES string of the molecule is CCOC(=O)C(=O)c1ccc(Br)c(OCC)c1. The molecule has 5 heteroatoms. The summed E-state index contributed by atoms with van der Waals surface area (Å²) >= 11 is 3.30. The molecule has 0 heterocycles. The highest BCUT2D eigenvalue weighted by atomic mass is 79.9. The Morgan fingerprint density at radius 3 is 2.53 bits per heavy atom. The minimum absolute atomic E-state index is 0.180. The second-order valence-corrected chi connectivity index (χ2v) is 3.98. The number of carbonyl (C=O) groups excluding carboxylic acids is 2. The molecule has 0 fully saturated rings. The van der Waals surface area contributed by atoms with E-state index in [1.54, 1.807) is 19.1 Å². The van der Waals surface area contributed by atoms with E-state index in [0.717, 1.165) is 4.47 Å². The monoisotopic (exact) mass is 300 g/mol. The first kappa shape index (κ1) is 13.7. The Bertz CT molecular complexity index is 429. The van der Waals surface area contributed by atoms with Gasteiger partial charge < -0.3 is 9.47 Å². The number of hydrogen-bond acceptors (Lipinski definition) is 4. The molecule has 92 valence electrons. The van der Waals surface area contributed by atoms with E-state index in [1.807, 2.05) is 6.92 Å². The summed E-state index contributed by atoms with van der Waals surface area (Å²) in [7, 11) is 0. The van der Waals surface area contributed by atoms with Gasteiger partial charge in [-0.1, -0.05) is 0 Å². The Labute approximate surface area is 108 Å². The van der Waals surface area contributed by atoms with Crippen molar-refractivity contribution in [2.75, 3.05) is 13.2 Å². The van der Waals surface area contributed by atoms with Gasteiger partial charge in [0, 0.05) is 5.56 Å². The molecule has 0 atom stereocenters. The van der Waals surface area contributed by atoms with Gasteiger partial charge in [0.1, 0.15) is 5.75 Å². The van der Waals surface area contributed by atoms with Crippen molar-refractivity contribution in [2.24, 2.45) is 0 Å². The zero-order chi connectivity index (χ0) is 12.8. The molecular weight excluding hydrogens is 288 g/mol. The van der Waals surface area contributed by atoms with Crippen LogP contribution in [0.3, 0.4) is 0 Å². The number of ether oxygens (including phenoxy) is 2. The molecule has 0 N–H and O–H groups in total. The molecule has 1 aromatic rings. The van der Waals surface area contributed by atoms with Gasteiger partial charge in [-0.25, -0.2) is 4.79 Å². The molecule has 0 saturated carbocycles. The van der Waals surface area contributed by atoms with Crippen molar-refractivity contribution in [3.05, 3.63) is 28.2 Å². The molecule has 1 rings (SSSR count). The van der Waals surface area contributed by atoms with Crippen LogP contribution in [0.2, 0.25) is 0 Å². The average Bonchev–Trinajstić information content (AvgIpc) is 2.31. The van der Waals surface area contributed by atoms with Gasteiger partial charge in [0.2, 0.25) is 0 Å². The third-order valence-electron chi connectivity index (χ3n) is 1.95. The van der Waals surface area contributed by atoms with Gasteiger partial charge in [0.05, 0.1) is 17.7 Å². The van der Waals surface area contributed by atoms with E-state index in [0.29, 0.717) is 12.4 Å².